The number of ether oxygens (including phenoxy) is 2. The minimum Gasteiger partial charge on any atom is -0.474 e. The van der Waals surface area contributed by atoms with Crippen molar-refractivity contribution < 1.29 is 32.2 Å². The van der Waals surface area contributed by atoms with Gasteiger partial charge in [0, 0.05) is 43.4 Å². The van der Waals surface area contributed by atoms with Gasteiger partial charge >= 0.3 is 6.18 Å². The van der Waals surface area contributed by atoms with E-state index >= 15 is 0 Å². The summed E-state index contributed by atoms with van der Waals surface area (Å²) in [4.78, 5) is 30.2. The number of aromatic nitrogens is 1. The number of rotatable bonds is 9. The Morgan fingerprint density at radius 3 is 2.71 bits per heavy atom. The topological polar surface area (TPSA) is 129 Å². The molecule has 0 aromatic carbocycles. The third-order valence-corrected chi connectivity index (χ3v) is 7.37. The van der Waals surface area contributed by atoms with Crippen molar-refractivity contribution in [3.63, 3.8) is 0 Å². The van der Waals surface area contributed by atoms with Crippen LogP contribution in [0, 0.1) is 17.2 Å². The number of alkyl halides is 3. The lowest BCUT2D eigenvalue weighted by atomic mass is 9.93. The fraction of sp³-hybridized carbons (Fsp3) is 0.680. The van der Waals surface area contributed by atoms with Gasteiger partial charge in [-0.05, 0) is 51.1 Å². The second-order valence-electron chi connectivity index (χ2n) is 9.97. The number of hydrogen-bond donors (Lipinski definition) is 3. The van der Waals surface area contributed by atoms with Crippen molar-refractivity contribution in [2.24, 2.45) is 5.92 Å². The summed E-state index contributed by atoms with van der Waals surface area (Å²) >= 11 is 0. The van der Waals surface area contributed by atoms with Gasteiger partial charge in [-0.25, -0.2) is 10.4 Å². The fourth-order valence-corrected chi connectivity index (χ4v) is 5.46. The SMILES string of the molecule is N#Cc1ccc(OC2CCC(NC(=O)CCOC[C@@H]3CCCN3C3CNNC(=O)C3C(F)(F)F)CC2)nc1. The van der Waals surface area contributed by atoms with Gasteiger partial charge in [-0.15, -0.1) is 0 Å². The Balaban J connectivity index is 1.14. The minimum absolute atomic E-state index is 0.00339. The van der Waals surface area contributed by atoms with Crippen LogP contribution in [-0.4, -0.2) is 78.4 Å². The molecule has 0 radical (unpaired) electrons. The van der Waals surface area contributed by atoms with Gasteiger partial charge in [0.1, 0.15) is 12.2 Å². The number of hydrogen-bond acceptors (Lipinski definition) is 8. The Morgan fingerprint density at radius 2 is 2.03 bits per heavy atom. The second kappa shape index (κ2) is 12.7. The molecule has 2 saturated heterocycles. The maximum atomic E-state index is 13.5. The van der Waals surface area contributed by atoms with Crippen LogP contribution in [0.2, 0.25) is 0 Å². The number of amides is 2. The van der Waals surface area contributed by atoms with E-state index in [1.54, 1.807) is 17.0 Å². The summed E-state index contributed by atoms with van der Waals surface area (Å²) in [6.45, 7) is 0.855. The molecular formula is C25H33F3N6O4. The van der Waals surface area contributed by atoms with E-state index in [4.69, 9.17) is 14.7 Å². The molecule has 208 valence electrons. The summed E-state index contributed by atoms with van der Waals surface area (Å²) in [5.74, 6) is -2.80. The van der Waals surface area contributed by atoms with Crippen LogP contribution in [0.5, 0.6) is 5.88 Å². The Labute approximate surface area is 219 Å². The smallest absolute Gasteiger partial charge is 0.402 e. The molecule has 1 aromatic heterocycles. The number of nitrogens with zero attached hydrogens (tertiary/aromatic N) is 3. The molecule has 3 aliphatic rings. The molecule has 2 amide bonds. The van der Waals surface area contributed by atoms with Crippen molar-refractivity contribution in [3.05, 3.63) is 23.9 Å². The highest BCUT2D eigenvalue weighted by atomic mass is 19.4. The van der Waals surface area contributed by atoms with Gasteiger partial charge in [0.2, 0.25) is 17.7 Å². The number of carbonyl (C=O) groups is 2. The maximum Gasteiger partial charge on any atom is 0.402 e. The first-order valence-electron chi connectivity index (χ1n) is 13.0. The van der Waals surface area contributed by atoms with E-state index in [0.29, 0.717) is 24.4 Å². The zero-order chi connectivity index (χ0) is 27.1. The molecular weight excluding hydrogens is 505 g/mol. The molecule has 3 heterocycles. The molecule has 0 spiro atoms. The van der Waals surface area contributed by atoms with E-state index in [9.17, 15) is 22.8 Å². The van der Waals surface area contributed by atoms with Crippen molar-refractivity contribution in [1.82, 2.24) is 26.1 Å². The van der Waals surface area contributed by atoms with Gasteiger partial charge < -0.3 is 14.8 Å². The maximum absolute atomic E-state index is 13.5. The summed E-state index contributed by atoms with van der Waals surface area (Å²) < 4.78 is 52.2. The second-order valence-corrected chi connectivity index (χ2v) is 9.97. The van der Waals surface area contributed by atoms with E-state index in [0.717, 1.165) is 32.1 Å². The molecule has 4 rings (SSSR count). The minimum atomic E-state index is -4.63. The lowest BCUT2D eigenvalue weighted by Gasteiger charge is -2.40. The van der Waals surface area contributed by atoms with E-state index in [-0.39, 0.29) is 50.3 Å². The first kappa shape index (κ1) is 28.1. The monoisotopic (exact) mass is 538 g/mol. The van der Waals surface area contributed by atoms with Gasteiger partial charge in [-0.2, -0.15) is 18.4 Å². The number of nitriles is 1. The van der Waals surface area contributed by atoms with Crippen molar-refractivity contribution >= 4 is 11.8 Å². The number of halogens is 3. The first-order chi connectivity index (χ1) is 18.2. The Bertz CT molecular complexity index is 994. The molecule has 2 unspecified atom stereocenters. The molecule has 1 saturated carbocycles. The van der Waals surface area contributed by atoms with Crippen LogP contribution >= 0.6 is 0 Å². The first-order valence-corrected chi connectivity index (χ1v) is 13.0. The number of likely N-dealkylation sites (tertiary alicyclic amines) is 1. The molecule has 10 nitrogen and oxygen atoms in total. The van der Waals surface area contributed by atoms with Crippen LogP contribution in [0.3, 0.4) is 0 Å². The fourth-order valence-electron chi connectivity index (χ4n) is 5.46. The van der Waals surface area contributed by atoms with Crippen molar-refractivity contribution in [1.29, 1.82) is 5.26 Å². The van der Waals surface area contributed by atoms with Gasteiger partial charge in [0.15, 0.2) is 5.92 Å². The molecule has 1 aliphatic carbocycles. The summed E-state index contributed by atoms with van der Waals surface area (Å²) in [5, 5.41) is 11.9. The summed E-state index contributed by atoms with van der Waals surface area (Å²) in [7, 11) is 0. The summed E-state index contributed by atoms with van der Waals surface area (Å²) in [5.41, 5.74) is 5.13. The normalized spacial score (nSPS) is 28.4. The van der Waals surface area contributed by atoms with Crippen LogP contribution in [0.4, 0.5) is 13.2 Å². The largest absolute Gasteiger partial charge is 0.474 e. The van der Waals surface area contributed by atoms with Crippen LogP contribution in [-0.2, 0) is 14.3 Å². The average Bonchev–Trinajstić information content (AvgIpc) is 3.36. The van der Waals surface area contributed by atoms with E-state index < -0.39 is 24.0 Å². The number of carbonyl (C=O) groups excluding carboxylic acids is 2. The Morgan fingerprint density at radius 1 is 1.24 bits per heavy atom. The lowest BCUT2D eigenvalue weighted by Crippen LogP contribution is -2.65. The van der Waals surface area contributed by atoms with Crippen LogP contribution in [0.1, 0.15) is 50.5 Å². The number of nitrogens with one attached hydrogen (secondary N) is 3. The van der Waals surface area contributed by atoms with Crippen LogP contribution in [0.15, 0.2) is 18.3 Å². The van der Waals surface area contributed by atoms with Crippen molar-refractivity contribution in [2.75, 3.05) is 26.3 Å². The standard InChI is InChI=1S/C25H33F3N6O4/c26-25(27,28)23-20(14-31-33-24(23)36)34-10-1-2-18(34)15-37-11-9-21(35)32-17-4-6-19(7-5-17)38-22-8-3-16(12-29)13-30-22/h3,8,13,17-20,23,31H,1-2,4-7,9-11,14-15H2,(H,32,35)(H,33,36)/t17?,18-,19?,20?,23?/m0/s1. The van der Waals surface area contributed by atoms with Gasteiger partial charge in [0.25, 0.3) is 0 Å². The highest BCUT2D eigenvalue weighted by molar-refractivity contribution is 5.80. The summed E-state index contributed by atoms with van der Waals surface area (Å²) in [6, 6.07) is 4.17. The van der Waals surface area contributed by atoms with E-state index in [1.807, 2.05) is 6.07 Å². The zero-order valence-electron chi connectivity index (χ0n) is 21.0. The van der Waals surface area contributed by atoms with Gasteiger partial charge in [-0.1, -0.05) is 0 Å². The van der Waals surface area contributed by atoms with Gasteiger partial charge in [0.05, 0.1) is 18.8 Å². The molecule has 2 aliphatic heterocycles. The summed E-state index contributed by atoms with van der Waals surface area (Å²) in [6.07, 6.45) is 1.50. The lowest BCUT2D eigenvalue weighted by molar-refractivity contribution is -0.201. The third kappa shape index (κ3) is 7.33. The molecule has 38 heavy (non-hydrogen) atoms. The Kier molecular flexibility index (Phi) is 9.40. The Hall–Kier alpha value is -2.95. The highest BCUT2D eigenvalue weighted by Gasteiger charge is 2.54. The molecule has 0 bridgehead atoms. The average molecular weight is 539 g/mol. The molecule has 1 aromatic rings. The van der Waals surface area contributed by atoms with Gasteiger partial charge in [-0.3, -0.25) is 19.9 Å². The predicted octanol–water partition coefficient (Wildman–Crippen LogP) is 1.81. The van der Waals surface area contributed by atoms with Crippen molar-refractivity contribution in [3.8, 4) is 11.9 Å². The highest BCUT2D eigenvalue weighted by Crippen LogP contribution is 2.35. The predicted molar refractivity (Wildman–Crippen MR) is 128 cm³/mol. The molecule has 3 atom stereocenters. The van der Waals surface area contributed by atoms with Crippen LogP contribution < -0.4 is 20.9 Å². The van der Waals surface area contributed by atoms with Crippen LogP contribution in [0.25, 0.3) is 0 Å². The number of hydrazine groups is 1. The zero-order valence-corrected chi connectivity index (χ0v) is 21.0. The molecule has 13 heteroatoms. The molecule has 3 N–H and O–H groups in total. The van der Waals surface area contributed by atoms with E-state index in [1.165, 1.54) is 6.20 Å². The van der Waals surface area contributed by atoms with E-state index in [2.05, 4.69) is 21.2 Å². The quantitative estimate of drug-likeness (QED) is 0.406. The third-order valence-electron chi connectivity index (χ3n) is 7.37. The number of pyridine rings is 1. The molecule has 3 fully saturated rings. The van der Waals surface area contributed by atoms with Crippen molar-refractivity contribution in [2.45, 2.75) is 75.4 Å².